The van der Waals surface area contributed by atoms with E-state index in [1.807, 2.05) is 0 Å². The summed E-state index contributed by atoms with van der Waals surface area (Å²) < 4.78 is 3.61. The Morgan fingerprint density at radius 2 is 2.46 bits per heavy atom. The van der Waals surface area contributed by atoms with E-state index in [0.29, 0.717) is 11.5 Å². The lowest BCUT2D eigenvalue weighted by Gasteiger charge is -1.85. The maximum absolute atomic E-state index is 10.3. The number of hydrogen-bond acceptors (Lipinski definition) is 6. The minimum absolute atomic E-state index is 0.150. The van der Waals surface area contributed by atoms with Crippen LogP contribution in [0.5, 0.6) is 0 Å². The first-order valence-electron chi connectivity index (χ1n) is 3.24. The van der Waals surface area contributed by atoms with Crippen LogP contribution in [0.3, 0.4) is 0 Å². The van der Waals surface area contributed by atoms with Crippen molar-refractivity contribution in [1.29, 1.82) is 0 Å². The van der Waals surface area contributed by atoms with Gasteiger partial charge in [0.2, 0.25) is 5.82 Å². The molecule has 0 spiro atoms. The molecular formula is C5H3N5O2S. The fraction of sp³-hybridized carbons (Fsp3) is 0. The molecule has 0 saturated carbocycles. The first kappa shape index (κ1) is 7.80. The van der Waals surface area contributed by atoms with E-state index in [-0.39, 0.29) is 5.82 Å². The highest BCUT2D eigenvalue weighted by molar-refractivity contribution is 7.03. The largest absolute Gasteiger partial charge is 0.358 e. The van der Waals surface area contributed by atoms with Crippen LogP contribution in [0.2, 0.25) is 0 Å². The zero-order chi connectivity index (χ0) is 9.26. The fourth-order valence-corrected chi connectivity index (χ4v) is 1.24. The molecule has 2 aromatic rings. The third kappa shape index (κ3) is 1.38. The molecule has 0 amide bonds. The Labute approximate surface area is 75.8 Å². The van der Waals surface area contributed by atoms with E-state index in [4.69, 9.17) is 0 Å². The average molecular weight is 197 g/mol. The molecule has 2 rings (SSSR count). The maximum atomic E-state index is 10.3. The molecule has 0 saturated heterocycles. The van der Waals surface area contributed by atoms with Gasteiger partial charge in [-0.1, -0.05) is 4.49 Å². The topological polar surface area (TPSA) is 97.6 Å². The van der Waals surface area contributed by atoms with Crippen molar-refractivity contribution in [3.8, 4) is 11.5 Å². The monoisotopic (exact) mass is 197 g/mol. The predicted octanol–water partition coefficient (Wildman–Crippen LogP) is 0.836. The fourth-order valence-electron chi connectivity index (χ4n) is 0.802. The molecular weight excluding hydrogens is 194 g/mol. The standard InChI is InChI=1S/C5H3N5O2S/c11-10(12)4-1-6-5(7-4)3-2-13-9-8-3/h1-2H,(H,6,7). The van der Waals surface area contributed by atoms with Crippen LogP contribution in [0.1, 0.15) is 0 Å². The summed E-state index contributed by atoms with van der Waals surface area (Å²) in [6.07, 6.45) is 1.15. The first-order valence-corrected chi connectivity index (χ1v) is 4.08. The Balaban J connectivity index is 2.39. The highest BCUT2D eigenvalue weighted by atomic mass is 32.1. The molecule has 0 aliphatic rings. The molecule has 0 fully saturated rings. The van der Waals surface area contributed by atoms with Crippen molar-refractivity contribution in [3.05, 3.63) is 21.7 Å². The highest BCUT2D eigenvalue weighted by Gasteiger charge is 2.13. The van der Waals surface area contributed by atoms with Gasteiger partial charge >= 0.3 is 5.82 Å². The molecule has 7 nitrogen and oxygen atoms in total. The summed E-state index contributed by atoms with van der Waals surface area (Å²) in [7, 11) is 0. The van der Waals surface area contributed by atoms with Crippen molar-refractivity contribution in [2.45, 2.75) is 0 Å². The van der Waals surface area contributed by atoms with Crippen LogP contribution in [0.15, 0.2) is 11.6 Å². The number of nitro groups is 1. The Morgan fingerprint density at radius 3 is 3.00 bits per heavy atom. The molecule has 2 heterocycles. The molecule has 0 aliphatic heterocycles. The number of hydrogen-bond donors (Lipinski definition) is 1. The Hall–Kier alpha value is -1.83. The van der Waals surface area contributed by atoms with Crippen LogP contribution >= 0.6 is 11.5 Å². The van der Waals surface area contributed by atoms with Crippen LogP contribution in [-0.4, -0.2) is 24.5 Å². The van der Waals surface area contributed by atoms with E-state index >= 15 is 0 Å². The number of H-pyrrole nitrogens is 1. The van der Waals surface area contributed by atoms with Gasteiger partial charge in [0, 0.05) is 5.38 Å². The zero-order valence-electron chi connectivity index (χ0n) is 6.17. The normalized spacial score (nSPS) is 10.2. The first-order chi connectivity index (χ1) is 6.27. The van der Waals surface area contributed by atoms with Crippen molar-refractivity contribution in [3.63, 3.8) is 0 Å². The summed E-state index contributed by atoms with van der Waals surface area (Å²) >= 11 is 1.16. The van der Waals surface area contributed by atoms with E-state index in [0.717, 1.165) is 17.7 Å². The molecule has 2 aromatic heterocycles. The third-order valence-electron chi connectivity index (χ3n) is 1.36. The van der Waals surface area contributed by atoms with E-state index < -0.39 is 4.92 Å². The summed E-state index contributed by atoms with van der Waals surface area (Å²) in [5.41, 5.74) is 0.512. The second kappa shape index (κ2) is 2.90. The zero-order valence-corrected chi connectivity index (χ0v) is 6.98. The maximum Gasteiger partial charge on any atom is 0.340 e. The molecule has 13 heavy (non-hydrogen) atoms. The van der Waals surface area contributed by atoms with Gasteiger partial charge in [-0.15, -0.1) is 5.10 Å². The molecule has 0 radical (unpaired) electrons. The van der Waals surface area contributed by atoms with Crippen molar-refractivity contribution < 1.29 is 4.92 Å². The summed E-state index contributed by atoms with van der Waals surface area (Å²) in [5.74, 6) is 0.212. The van der Waals surface area contributed by atoms with Crippen LogP contribution in [0.25, 0.3) is 11.5 Å². The van der Waals surface area contributed by atoms with E-state index in [1.54, 1.807) is 5.38 Å². The number of nitrogens with zero attached hydrogens (tertiary/aromatic N) is 4. The summed E-state index contributed by atoms with van der Waals surface area (Å²) in [6.45, 7) is 0. The smallest absolute Gasteiger partial charge is 0.340 e. The van der Waals surface area contributed by atoms with Crippen LogP contribution < -0.4 is 0 Å². The summed E-state index contributed by atoms with van der Waals surface area (Å²) in [6, 6.07) is 0. The van der Waals surface area contributed by atoms with Crippen molar-refractivity contribution >= 4 is 17.4 Å². The Morgan fingerprint density at radius 1 is 1.62 bits per heavy atom. The van der Waals surface area contributed by atoms with Gasteiger partial charge in [-0.05, 0) is 16.5 Å². The van der Waals surface area contributed by atoms with Crippen molar-refractivity contribution in [2.75, 3.05) is 0 Å². The van der Waals surface area contributed by atoms with Gasteiger partial charge < -0.3 is 10.1 Å². The SMILES string of the molecule is O=[N+]([O-])c1cnc(-c2csnn2)[nH]1. The van der Waals surface area contributed by atoms with E-state index in [9.17, 15) is 10.1 Å². The van der Waals surface area contributed by atoms with Crippen molar-refractivity contribution in [1.82, 2.24) is 19.6 Å². The molecule has 0 bridgehead atoms. The molecule has 0 atom stereocenters. The van der Waals surface area contributed by atoms with Gasteiger partial charge in [0.15, 0.2) is 5.69 Å². The molecule has 66 valence electrons. The molecule has 8 heteroatoms. The van der Waals surface area contributed by atoms with Crippen molar-refractivity contribution in [2.24, 2.45) is 0 Å². The van der Waals surface area contributed by atoms with Crippen LogP contribution in [0, 0.1) is 10.1 Å². The molecule has 0 unspecified atom stereocenters. The minimum Gasteiger partial charge on any atom is -0.358 e. The van der Waals surface area contributed by atoms with E-state index in [2.05, 4.69) is 19.6 Å². The minimum atomic E-state index is -0.545. The van der Waals surface area contributed by atoms with Gasteiger partial charge in [0.1, 0.15) is 6.20 Å². The number of imidazole rings is 1. The van der Waals surface area contributed by atoms with Gasteiger partial charge in [-0.25, -0.2) is 9.97 Å². The second-order valence-electron chi connectivity index (χ2n) is 2.16. The Kier molecular flexibility index (Phi) is 1.74. The highest BCUT2D eigenvalue weighted by Crippen LogP contribution is 2.16. The van der Waals surface area contributed by atoms with Gasteiger partial charge in [-0.2, -0.15) is 0 Å². The molecule has 1 N–H and O–H groups in total. The third-order valence-corrected chi connectivity index (χ3v) is 1.87. The lowest BCUT2D eigenvalue weighted by atomic mass is 10.5. The number of nitrogens with one attached hydrogen (secondary N) is 1. The molecule has 0 aromatic carbocycles. The lowest BCUT2D eigenvalue weighted by Crippen LogP contribution is -1.87. The number of rotatable bonds is 2. The van der Waals surface area contributed by atoms with Crippen LogP contribution in [-0.2, 0) is 0 Å². The predicted molar refractivity (Wildman–Crippen MR) is 44.1 cm³/mol. The average Bonchev–Trinajstić information content (AvgIpc) is 2.75. The quantitative estimate of drug-likeness (QED) is 0.568. The summed E-state index contributed by atoms with van der Waals surface area (Å²) in [5, 5.41) is 15.7. The van der Waals surface area contributed by atoms with Gasteiger partial charge in [0.05, 0.1) is 0 Å². The number of aromatic nitrogens is 4. The lowest BCUT2D eigenvalue weighted by molar-refractivity contribution is -0.389. The van der Waals surface area contributed by atoms with Crippen LogP contribution in [0.4, 0.5) is 5.82 Å². The van der Waals surface area contributed by atoms with E-state index in [1.165, 1.54) is 0 Å². The summed E-state index contributed by atoms with van der Waals surface area (Å²) in [4.78, 5) is 16.0. The molecule has 0 aliphatic carbocycles. The second-order valence-corrected chi connectivity index (χ2v) is 2.77. The Bertz CT molecular complexity index is 422. The van der Waals surface area contributed by atoms with Gasteiger partial charge in [-0.3, -0.25) is 0 Å². The number of aromatic amines is 1. The van der Waals surface area contributed by atoms with Gasteiger partial charge in [0.25, 0.3) is 0 Å².